The summed E-state index contributed by atoms with van der Waals surface area (Å²) in [5, 5.41) is 0.913. The van der Waals surface area contributed by atoms with Crippen molar-refractivity contribution in [2.24, 2.45) is 4.99 Å². The molecule has 0 unspecified atom stereocenters. The number of carbonyl (C=O) groups excluding carboxylic acids is 2. The number of carbonyl (C=O) groups is 2. The van der Waals surface area contributed by atoms with Crippen molar-refractivity contribution in [2.75, 3.05) is 26.9 Å². The van der Waals surface area contributed by atoms with Crippen LogP contribution in [0.25, 0.3) is 17.0 Å². The predicted octanol–water partition coefficient (Wildman–Crippen LogP) is 5.20. The van der Waals surface area contributed by atoms with Crippen molar-refractivity contribution >= 4 is 40.3 Å². The van der Waals surface area contributed by atoms with Gasteiger partial charge in [0.1, 0.15) is 5.82 Å². The molecule has 1 atom stereocenters. The van der Waals surface area contributed by atoms with Crippen molar-refractivity contribution in [1.29, 1.82) is 0 Å². The number of hydrogen-bond acceptors (Lipinski definition) is 9. The molecule has 0 saturated heterocycles. The number of methoxy groups -OCH3 is 1. The van der Waals surface area contributed by atoms with E-state index in [4.69, 9.17) is 23.9 Å². The monoisotopic (exact) mass is 697 g/mol. The number of halogens is 1. The number of rotatable bonds is 11. The van der Waals surface area contributed by atoms with Crippen molar-refractivity contribution in [3.63, 3.8) is 0 Å². The van der Waals surface area contributed by atoms with E-state index < -0.39 is 18.0 Å². The van der Waals surface area contributed by atoms with Crippen LogP contribution in [0.2, 0.25) is 0 Å². The second kappa shape index (κ2) is 14.6. The number of allylic oxidation sites excluding steroid dienone is 1. The average Bonchev–Trinajstić information content (AvgIpc) is 3.56. The fraction of sp³-hybridized carbons (Fsp3) is 0.263. The van der Waals surface area contributed by atoms with Crippen LogP contribution >= 0.6 is 11.3 Å². The van der Waals surface area contributed by atoms with Crippen LogP contribution in [0.5, 0.6) is 11.5 Å². The minimum atomic E-state index is -0.898. The summed E-state index contributed by atoms with van der Waals surface area (Å²) in [5.41, 5.74) is 4.00. The molecule has 0 radical (unpaired) electrons. The number of thiazole rings is 1. The summed E-state index contributed by atoms with van der Waals surface area (Å²) in [5.74, 6) is -0.814. The highest BCUT2D eigenvalue weighted by molar-refractivity contribution is 7.07. The summed E-state index contributed by atoms with van der Waals surface area (Å²) in [6.45, 7) is 7.61. The Balaban J connectivity index is 1.52. The molecule has 0 bridgehead atoms. The van der Waals surface area contributed by atoms with Gasteiger partial charge in [0, 0.05) is 27.7 Å². The Hall–Kier alpha value is -5.49. The van der Waals surface area contributed by atoms with Crippen LogP contribution in [0.15, 0.2) is 87.8 Å². The van der Waals surface area contributed by atoms with Gasteiger partial charge in [-0.2, -0.15) is 0 Å². The summed E-state index contributed by atoms with van der Waals surface area (Å²) < 4.78 is 40.3. The molecule has 50 heavy (non-hydrogen) atoms. The first-order valence-electron chi connectivity index (χ1n) is 16.1. The summed E-state index contributed by atoms with van der Waals surface area (Å²) >= 11 is 1.22. The van der Waals surface area contributed by atoms with Crippen LogP contribution in [-0.4, -0.2) is 48.0 Å². The van der Waals surface area contributed by atoms with E-state index in [2.05, 4.69) is 0 Å². The lowest BCUT2D eigenvalue weighted by Gasteiger charge is -2.25. The van der Waals surface area contributed by atoms with Gasteiger partial charge in [-0.1, -0.05) is 53.8 Å². The number of benzene rings is 3. The fourth-order valence-electron chi connectivity index (χ4n) is 6.16. The van der Waals surface area contributed by atoms with Crippen molar-refractivity contribution in [1.82, 2.24) is 9.13 Å². The number of esters is 2. The molecule has 12 heteroatoms. The third-order valence-electron chi connectivity index (χ3n) is 8.51. The molecule has 0 spiro atoms. The first kappa shape index (κ1) is 34.4. The highest BCUT2D eigenvalue weighted by Gasteiger charge is 2.34. The maximum Gasteiger partial charge on any atom is 0.343 e. The summed E-state index contributed by atoms with van der Waals surface area (Å²) in [7, 11) is 1.27. The van der Waals surface area contributed by atoms with E-state index in [0.717, 1.165) is 22.2 Å². The molecular formula is C38H36FN3O7S. The molecule has 0 fully saturated rings. The highest BCUT2D eigenvalue weighted by atomic mass is 32.1. The van der Waals surface area contributed by atoms with Crippen LogP contribution in [0.1, 0.15) is 49.2 Å². The standard InChI is InChI=1S/C38H36FN3O7S/c1-6-47-31-18-24(16-17-30(31)49-21-33(43)46-5)35-34(37(45)48-7-2)22(3)40-38-42(35)36(44)32(50-38)19-27-23(4)41(29-15-11-9-13-26(27)29)20-25-12-8-10-14-28(25)39/h8-19,35H,6-7,20-21H2,1-5H3/b32-19+/t35-/m1/s1. The minimum Gasteiger partial charge on any atom is -0.490 e. The Bertz CT molecular complexity index is 2340. The molecule has 1 aliphatic rings. The van der Waals surface area contributed by atoms with Gasteiger partial charge in [0.05, 0.1) is 48.7 Å². The van der Waals surface area contributed by atoms with Crippen molar-refractivity contribution in [3.05, 3.63) is 126 Å². The van der Waals surface area contributed by atoms with Gasteiger partial charge in [0.2, 0.25) is 0 Å². The Morgan fingerprint density at radius 1 is 0.980 bits per heavy atom. The smallest absolute Gasteiger partial charge is 0.343 e. The molecule has 3 heterocycles. The third kappa shape index (κ3) is 6.46. The van der Waals surface area contributed by atoms with Gasteiger partial charge in [0.15, 0.2) is 22.9 Å². The molecule has 0 aliphatic carbocycles. The van der Waals surface area contributed by atoms with Gasteiger partial charge in [-0.15, -0.1) is 0 Å². The second-order valence-corrected chi connectivity index (χ2v) is 12.5. The number of hydrogen-bond donors (Lipinski definition) is 0. The maximum atomic E-state index is 14.7. The lowest BCUT2D eigenvalue weighted by atomic mass is 9.95. The Morgan fingerprint density at radius 2 is 1.74 bits per heavy atom. The largest absolute Gasteiger partial charge is 0.490 e. The number of aromatic nitrogens is 2. The van der Waals surface area contributed by atoms with Crippen LogP contribution in [0, 0.1) is 12.7 Å². The first-order valence-corrected chi connectivity index (χ1v) is 17.0. The Kier molecular flexibility index (Phi) is 10.0. The summed E-state index contributed by atoms with van der Waals surface area (Å²) in [6, 6.07) is 18.6. The third-order valence-corrected chi connectivity index (χ3v) is 9.50. The van der Waals surface area contributed by atoms with Gasteiger partial charge < -0.3 is 23.5 Å². The first-order chi connectivity index (χ1) is 24.2. The molecule has 258 valence electrons. The summed E-state index contributed by atoms with van der Waals surface area (Å²) in [6.07, 6.45) is 1.84. The van der Waals surface area contributed by atoms with Gasteiger partial charge in [0.25, 0.3) is 5.56 Å². The maximum absolute atomic E-state index is 14.7. The number of nitrogens with zero attached hydrogens (tertiary/aromatic N) is 3. The number of ether oxygens (including phenoxy) is 4. The van der Waals surface area contributed by atoms with Crippen LogP contribution in [0.4, 0.5) is 4.39 Å². The summed E-state index contributed by atoms with van der Waals surface area (Å²) in [4.78, 5) is 44.8. The molecule has 5 aromatic rings. The number of para-hydroxylation sites is 1. The van der Waals surface area contributed by atoms with Crippen molar-refractivity contribution in [2.45, 2.75) is 40.3 Å². The predicted molar refractivity (Wildman–Crippen MR) is 188 cm³/mol. The normalized spacial score (nSPS) is 14.4. The van der Waals surface area contributed by atoms with Gasteiger partial charge in [-0.3, -0.25) is 9.36 Å². The van der Waals surface area contributed by atoms with Crippen molar-refractivity contribution in [3.8, 4) is 11.5 Å². The number of fused-ring (bicyclic) bond motifs is 2. The fourth-order valence-corrected chi connectivity index (χ4v) is 7.18. The molecule has 2 aromatic heterocycles. The molecule has 6 rings (SSSR count). The van der Waals surface area contributed by atoms with E-state index in [9.17, 15) is 18.8 Å². The average molecular weight is 698 g/mol. The molecular weight excluding hydrogens is 661 g/mol. The van der Waals surface area contributed by atoms with Crippen LogP contribution in [0.3, 0.4) is 0 Å². The van der Waals surface area contributed by atoms with Crippen LogP contribution in [-0.2, 0) is 25.6 Å². The zero-order valence-corrected chi connectivity index (χ0v) is 29.1. The van der Waals surface area contributed by atoms with Crippen molar-refractivity contribution < 1.29 is 32.9 Å². The molecule has 0 saturated carbocycles. The van der Waals surface area contributed by atoms with E-state index in [-0.39, 0.29) is 30.2 Å². The molecule has 10 nitrogen and oxygen atoms in total. The van der Waals surface area contributed by atoms with E-state index in [0.29, 0.717) is 50.8 Å². The van der Waals surface area contributed by atoms with Crippen LogP contribution < -0.4 is 24.4 Å². The molecule has 0 amide bonds. The van der Waals surface area contributed by atoms with Gasteiger partial charge in [-0.05, 0) is 63.6 Å². The highest BCUT2D eigenvalue weighted by Crippen LogP contribution is 2.36. The van der Waals surface area contributed by atoms with E-state index in [1.807, 2.05) is 54.8 Å². The Morgan fingerprint density at radius 3 is 2.48 bits per heavy atom. The Labute approximate surface area is 291 Å². The van der Waals surface area contributed by atoms with E-state index in [1.165, 1.54) is 29.1 Å². The molecule has 0 N–H and O–H groups in total. The zero-order chi connectivity index (χ0) is 35.5. The second-order valence-electron chi connectivity index (χ2n) is 11.5. The molecule has 3 aromatic carbocycles. The topological polar surface area (TPSA) is 110 Å². The quantitative estimate of drug-likeness (QED) is 0.175. The zero-order valence-electron chi connectivity index (χ0n) is 28.3. The van der Waals surface area contributed by atoms with E-state index >= 15 is 0 Å². The van der Waals surface area contributed by atoms with Gasteiger partial charge in [-0.25, -0.2) is 19.0 Å². The SMILES string of the molecule is CCOC(=O)C1=C(C)N=c2s/c(=C/c3c(C)n(Cc4ccccc4F)c4ccccc34)c(=O)n2[C@@H]1c1ccc(OCC(=O)OC)c(OCC)c1. The lowest BCUT2D eigenvalue weighted by molar-refractivity contribution is -0.143. The molecule has 1 aliphatic heterocycles. The lowest BCUT2D eigenvalue weighted by Crippen LogP contribution is -2.40. The minimum absolute atomic E-state index is 0.132. The van der Waals surface area contributed by atoms with E-state index in [1.54, 1.807) is 44.2 Å². The van der Waals surface area contributed by atoms with Gasteiger partial charge >= 0.3 is 11.9 Å².